The van der Waals surface area contributed by atoms with E-state index in [1.165, 1.54) is 10.8 Å². The van der Waals surface area contributed by atoms with Crippen LogP contribution in [0.1, 0.15) is 11.1 Å². The lowest BCUT2D eigenvalue weighted by atomic mass is 10.2. The van der Waals surface area contributed by atoms with E-state index in [4.69, 9.17) is 4.74 Å². The van der Waals surface area contributed by atoms with E-state index in [-0.39, 0.29) is 24.5 Å². The molecule has 3 heterocycles. The molecule has 0 saturated carbocycles. The number of rotatable bonds is 5. The molecule has 0 aliphatic carbocycles. The van der Waals surface area contributed by atoms with Crippen molar-refractivity contribution in [2.24, 2.45) is 0 Å². The number of pyridine rings is 1. The highest BCUT2D eigenvalue weighted by Gasteiger charge is 2.25. The highest BCUT2D eigenvalue weighted by Crippen LogP contribution is 2.27. The van der Waals surface area contributed by atoms with E-state index in [0.717, 1.165) is 27.8 Å². The van der Waals surface area contributed by atoms with Crippen molar-refractivity contribution in [3.05, 3.63) is 98.8 Å². The Hall–Kier alpha value is -4.20. The van der Waals surface area contributed by atoms with Gasteiger partial charge in [-0.25, -0.2) is 9.78 Å². The summed E-state index contributed by atoms with van der Waals surface area (Å²) in [6.45, 7) is 0.446. The lowest BCUT2D eigenvalue weighted by molar-refractivity contribution is -0.119. The summed E-state index contributed by atoms with van der Waals surface area (Å²) in [5.74, 6) is 0.474. The van der Waals surface area contributed by atoms with Gasteiger partial charge in [-0.15, -0.1) is 0 Å². The molecule has 1 aliphatic heterocycles. The summed E-state index contributed by atoms with van der Waals surface area (Å²) in [7, 11) is 1.57. The number of benzene rings is 2. The predicted molar refractivity (Wildman–Crippen MR) is 125 cm³/mol. The fourth-order valence-electron chi connectivity index (χ4n) is 4.27. The van der Waals surface area contributed by atoms with E-state index in [0.29, 0.717) is 17.8 Å². The summed E-state index contributed by atoms with van der Waals surface area (Å²) in [6.07, 6.45) is 2.28. The van der Waals surface area contributed by atoms with Crippen LogP contribution in [-0.2, 0) is 24.3 Å². The van der Waals surface area contributed by atoms with Crippen LogP contribution in [-0.4, -0.2) is 33.7 Å². The fourth-order valence-corrected chi connectivity index (χ4v) is 4.27. The topological polar surface area (TPSA) is 86.4 Å². The number of ether oxygens (including phenoxy) is 1. The van der Waals surface area contributed by atoms with Crippen molar-refractivity contribution < 1.29 is 9.53 Å². The molecule has 2 aromatic heterocycles. The van der Waals surface area contributed by atoms with Crippen LogP contribution >= 0.6 is 0 Å². The Balaban J connectivity index is 1.56. The van der Waals surface area contributed by atoms with Crippen LogP contribution < -0.4 is 20.9 Å². The third-order valence-electron chi connectivity index (χ3n) is 5.97. The summed E-state index contributed by atoms with van der Waals surface area (Å²) < 4.78 is 7.65. The van der Waals surface area contributed by atoms with Crippen molar-refractivity contribution in [3.63, 3.8) is 0 Å². The maximum Gasteiger partial charge on any atom is 0.332 e. The van der Waals surface area contributed by atoms with Crippen molar-refractivity contribution in [3.8, 4) is 5.75 Å². The molecule has 0 radical (unpaired) electrons. The molecular formula is C25H22N4O4. The molecular weight excluding hydrogens is 420 g/mol. The molecule has 5 rings (SSSR count). The molecule has 1 aliphatic rings. The van der Waals surface area contributed by atoms with Crippen LogP contribution in [0.5, 0.6) is 5.75 Å². The Labute approximate surface area is 189 Å². The smallest absolute Gasteiger partial charge is 0.332 e. The van der Waals surface area contributed by atoms with Crippen LogP contribution in [0.2, 0.25) is 0 Å². The van der Waals surface area contributed by atoms with Crippen molar-refractivity contribution in [1.29, 1.82) is 0 Å². The number of hydrogen-bond donors (Lipinski definition) is 0. The summed E-state index contributed by atoms with van der Waals surface area (Å²) >= 11 is 0. The van der Waals surface area contributed by atoms with Gasteiger partial charge in [0.15, 0.2) is 5.52 Å². The molecule has 0 saturated heterocycles. The maximum atomic E-state index is 13.4. The zero-order valence-electron chi connectivity index (χ0n) is 18.1. The van der Waals surface area contributed by atoms with Crippen LogP contribution in [0.4, 0.5) is 5.69 Å². The molecule has 0 fully saturated rings. The van der Waals surface area contributed by atoms with Gasteiger partial charge < -0.3 is 9.64 Å². The number of fused-ring (bicyclic) bond motifs is 2. The average Bonchev–Trinajstić information content (AvgIpc) is 3.29. The quantitative estimate of drug-likeness (QED) is 0.473. The first-order valence-corrected chi connectivity index (χ1v) is 10.7. The first-order valence-electron chi connectivity index (χ1n) is 10.7. The van der Waals surface area contributed by atoms with Crippen molar-refractivity contribution >= 4 is 22.6 Å². The molecule has 0 bridgehead atoms. The molecule has 0 N–H and O–H groups in total. The van der Waals surface area contributed by atoms with Gasteiger partial charge in [0.25, 0.3) is 5.56 Å². The number of amides is 1. The first kappa shape index (κ1) is 20.7. The van der Waals surface area contributed by atoms with E-state index in [2.05, 4.69) is 4.98 Å². The Bertz CT molecular complexity index is 1470. The normalized spacial score (nSPS) is 12.7. The second kappa shape index (κ2) is 8.38. The highest BCUT2D eigenvalue weighted by atomic mass is 16.5. The monoisotopic (exact) mass is 442 g/mol. The van der Waals surface area contributed by atoms with Gasteiger partial charge in [-0.1, -0.05) is 30.3 Å². The number of nitrogens with zero attached hydrogens (tertiary/aromatic N) is 4. The van der Waals surface area contributed by atoms with Crippen molar-refractivity contribution in [2.75, 3.05) is 18.6 Å². The summed E-state index contributed by atoms with van der Waals surface area (Å²) in [4.78, 5) is 45.7. The number of methoxy groups -OCH3 is 1. The third kappa shape index (κ3) is 3.69. The molecule has 1 amide bonds. The zero-order chi connectivity index (χ0) is 22.9. The summed E-state index contributed by atoms with van der Waals surface area (Å²) in [5.41, 5.74) is 2.20. The third-order valence-corrected chi connectivity index (χ3v) is 5.97. The number of para-hydroxylation sites is 1. The Morgan fingerprint density at radius 1 is 1.00 bits per heavy atom. The molecule has 33 heavy (non-hydrogen) atoms. The zero-order valence-corrected chi connectivity index (χ0v) is 18.1. The van der Waals surface area contributed by atoms with Gasteiger partial charge in [-0.05, 0) is 47.9 Å². The minimum atomic E-state index is -0.544. The molecule has 0 unspecified atom stereocenters. The second-order valence-corrected chi connectivity index (χ2v) is 7.90. The van der Waals surface area contributed by atoms with Gasteiger partial charge in [0.1, 0.15) is 12.3 Å². The fraction of sp³-hybridized carbons (Fsp3) is 0.200. The van der Waals surface area contributed by atoms with Crippen molar-refractivity contribution in [1.82, 2.24) is 14.1 Å². The summed E-state index contributed by atoms with van der Waals surface area (Å²) in [6, 6.07) is 18.2. The Morgan fingerprint density at radius 3 is 2.58 bits per heavy atom. The molecule has 8 nitrogen and oxygen atoms in total. The Kier molecular flexibility index (Phi) is 5.26. The van der Waals surface area contributed by atoms with E-state index < -0.39 is 11.2 Å². The van der Waals surface area contributed by atoms with Gasteiger partial charge in [-0.3, -0.25) is 18.7 Å². The minimum absolute atomic E-state index is 0.0644. The van der Waals surface area contributed by atoms with E-state index in [9.17, 15) is 14.4 Å². The Morgan fingerprint density at radius 2 is 1.79 bits per heavy atom. The van der Waals surface area contributed by atoms with Gasteiger partial charge in [0.2, 0.25) is 5.91 Å². The van der Waals surface area contributed by atoms with Gasteiger partial charge in [0.05, 0.1) is 19.2 Å². The largest absolute Gasteiger partial charge is 0.497 e. The van der Waals surface area contributed by atoms with Crippen molar-refractivity contribution in [2.45, 2.75) is 19.5 Å². The van der Waals surface area contributed by atoms with Crippen LogP contribution in [0, 0.1) is 0 Å². The van der Waals surface area contributed by atoms with Gasteiger partial charge in [-0.2, -0.15) is 0 Å². The lowest BCUT2D eigenvalue weighted by Crippen LogP contribution is -2.43. The number of hydrogen-bond acceptors (Lipinski definition) is 5. The predicted octanol–water partition coefficient (Wildman–Crippen LogP) is 2.20. The van der Waals surface area contributed by atoms with Gasteiger partial charge >= 0.3 is 5.69 Å². The molecule has 166 valence electrons. The molecule has 0 atom stereocenters. The van der Waals surface area contributed by atoms with Gasteiger partial charge in [0, 0.05) is 18.4 Å². The molecule has 8 heteroatoms. The molecule has 0 spiro atoms. The number of anilines is 1. The SMILES string of the molecule is COc1ccc(Cn2c(=O)c3ncccc3n(CC(=O)N3CCc4ccccc43)c2=O)cc1. The highest BCUT2D eigenvalue weighted by molar-refractivity contribution is 5.95. The van der Waals surface area contributed by atoms with E-state index >= 15 is 0 Å². The second-order valence-electron chi connectivity index (χ2n) is 7.90. The maximum absolute atomic E-state index is 13.4. The standard InChI is InChI=1S/C25H22N4O4/c1-33-19-10-8-17(9-11-19)15-29-24(31)23-21(7-4-13-26-23)28(25(29)32)16-22(30)27-14-12-18-5-2-3-6-20(18)27/h2-11,13H,12,14-16H2,1H3. The minimum Gasteiger partial charge on any atom is -0.497 e. The van der Waals surface area contributed by atoms with Crippen LogP contribution in [0.25, 0.3) is 11.0 Å². The van der Waals surface area contributed by atoms with E-state index in [1.54, 1.807) is 48.4 Å². The van der Waals surface area contributed by atoms with Crippen LogP contribution in [0.3, 0.4) is 0 Å². The average molecular weight is 442 g/mol. The number of carbonyl (C=O) groups is 1. The molecule has 4 aromatic rings. The number of carbonyl (C=O) groups excluding carboxylic acids is 1. The lowest BCUT2D eigenvalue weighted by Gasteiger charge is -2.19. The first-order chi connectivity index (χ1) is 16.1. The van der Waals surface area contributed by atoms with Crippen LogP contribution in [0.15, 0.2) is 76.4 Å². The summed E-state index contributed by atoms with van der Waals surface area (Å²) in [5, 5.41) is 0. The molecule has 2 aromatic carbocycles. The number of aromatic nitrogens is 3. The van der Waals surface area contributed by atoms with E-state index in [1.807, 2.05) is 24.3 Å².